The molecule has 1 aromatic heterocycles. The number of fused-ring (bicyclic) bond motifs is 1. The molecule has 1 aromatic rings. The lowest BCUT2D eigenvalue weighted by Crippen LogP contribution is -2.40. The molecule has 0 unspecified atom stereocenters. The maximum absolute atomic E-state index is 12.4. The van der Waals surface area contributed by atoms with E-state index in [0.717, 1.165) is 57.7 Å². The van der Waals surface area contributed by atoms with Gasteiger partial charge in [0.25, 0.3) is 5.97 Å². The summed E-state index contributed by atoms with van der Waals surface area (Å²) in [7, 11) is 0. The predicted octanol–water partition coefficient (Wildman–Crippen LogP) is 0.727. The summed E-state index contributed by atoms with van der Waals surface area (Å²) < 4.78 is 2.02. The molecule has 3 aliphatic rings. The molecule has 1 N–H and O–H groups in total. The number of rotatable bonds is 3. The lowest BCUT2D eigenvalue weighted by atomic mass is 10.3. The van der Waals surface area contributed by atoms with Crippen molar-refractivity contribution < 1.29 is 14.7 Å². The van der Waals surface area contributed by atoms with Crippen LogP contribution in [-0.4, -0.2) is 74.3 Å². The number of carbonyl (C=O) groups is 2. The van der Waals surface area contributed by atoms with E-state index in [2.05, 4.69) is 15.0 Å². The minimum absolute atomic E-state index is 0.269. The molecule has 1 amide bonds. The van der Waals surface area contributed by atoms with Crippen LogP contribution in [0.2, 0.25) is 0 Å². The number of aromatic nitrogens is 3. The number of carboxylic acid groups (broad SMARTS) is 1. The van der Waals surface area contributed by atoms with Crippen molar-refractivity contribution in [3.8, 4) is 0 Å². The van der Waals surface area contributed by atoms with Crippen molar-refractivity contribution in [3.63, 3.8) is 0 Å². The first-order chi connectivity index (χ1) is 12.0. The van der Waals surface area contributed by atoms with Gasteiger partial charge >= 0.3 is 0 Å². The van der Waals surface area contributed by atoms with Gasteiger partial charge in [0.15, 0.2) is 5.82 Å². The van der Waals surface area contributed by atoms with Gasteiger partial charge in [0.1, 0.15) is 5.82 Å². The fraction of sp³-hybridized carbons (Fsp3) is 0.765. The van der Waals surface area contributed by atoms with E-state index >= 15 is 0 Å². The predicted molar refractivity (Wildman–Crippen MR) is 91.3 cm³/mol. The summed E-state index contributed by atoms with van der Waals surface area (Å²) in [5, 5.41) is 12.0. The van der Waals surface area contributed by atoms with Crippen molar-refractivity contribution in [1.82, 2.24) is 24.6 Å². The van der Waals surface area contributed by atoms with Gasteiger partial charge < -0.3 is 10.0 Å². The normalized spacial score (nSPS) is 20.4. The molecule has 0 radical (unpaired) electrons. The Morgan fingerprint density at radius 2 is 1.80 bits per heavy atom. The maximum atomic E-state index is 12.4. The molecule has 2 fully saturated rings. The van der Waals surface area contributed by atoms with E-state index in [4.69, 9.17) is 9.90 Å². The molecule has 8 heteroatoms. The van der Waals surface area contributed by atoms with E-state index in [1.54, 1.807) is 0 Å². The lowest BCUT2D eigenvalue weighted by molar-refractivity contribution is -0.134. The van der Waals surface area contributed by atoms with E-state index in [-0.39, 0.29) is 5.91 Å². The Morgan fingerprint density at radius 1 is 1.12 bits per heavy atom. The van der Waals surface area contributed by atoms with Gasteiger partial charge in [-0.25, -0.2) is 9.67 Å². The number of hydrogen-bond donors (Lipinski definition) is 1. The Morgan fingerprint density at radius 3 is 2.44 bits per heavy atom. The Hall–Kier alpha value is -1.96. The van der Waals surface area contributed by atoms with Gasteiger partial charge in [-0.15, -0.1) is 0 Å². The first-order valence-electron chi connectivity index (χ1n) is 9.16. The van der Waals surface area contributed by atoms with Crippen molar-refractivity contribution >= 4 is 11.9 Å². The van der Waals surface area contributed by atoms with Gasteiger partial charge in [0, 0.05) is 32.4 Å². The highest BCUT2D eigenvalue weighted by atomic mass is 16.4. The molecule has 138 valence electrons. The highest BCUT2D eigenvalue weighted by Crippen LogP contribution is 2.38. The summed E-state index contributed by atoms with van der Waals surface area (Å²) >= 11 is 0. The number of carbonyl (C=O) groups excluding carboxylic acids is 1. The highest BCUT2D eigenvalue weighted by molar-refractivity contribution is 5.78. The molecule has 2 aliphatic heterocycles. The Labute approximate surface area is 147 Å². The third kappa shape index (κ3) is 5.01. The average Bonchev–Trinajstić information content (AvgIpc) is 3.20. The zero-order valence-electron chi connectivity index (χ0n) is 14.9. The number of carboxylic acids is 1. The number of amides is 1. The molecule has 1 aliphatic carbocycles. The van der Waals surface area contributed by atoms with Crippen LogP contribution in [0.15, 0.2) is 0 Å². The van der Waals surface area contributed by atoms with Crippen LogP contribution in [0.3, 0.4) is 0 Å². The molecule has 0 bridgehead atoms. The van der Waals surface area contributed by atoms with Gasteiger partial charge in [-0.05, 0) is 38.8 Å². The van der Waals surface area contributed by atoms with E-state index in [0.29, 0.717) is 12.5 Å². The third-order valence-electron chi connectivity index (χ3n) is 4.80. The highest BCUT2D eigenvalue weighted by Gasteiger charge is 2.30. The van der Waals surface area contributed by atoms with Crippen LogP contribution in [0.4, 0.5) is 0 Å². The van der Waals surface area contributed by atoms with Crippen LogP contribution in [0.25, 0.3) is 0 Å². The van der Waals surface area contributed by atoms with E-state index in [1.165, 1.54) is 25.7 Å². The van der Waals surface area contributed by atoms with Gasteiger partial charge in [0.2, 0.25) is 5.91 Å². The van der Waals surface area contributed by atoms with Crippen LogP contribution in [-0.2, 0) is 22.6 Å². The van der Waals surface area contributed by atoms with Crippen LogP contribution in [0, 0.1) is 0 Å². The second-order valence-electron chi connectivity index (χ2n) is 7.02. The van der Waals surface area contributed by atoms with Crippen LogP contribution >= 0.6 is 0 Å². The molecule has 1 saturated heterocycles. The zero-order chi connectivity index (χ0) is 17.8. The maximum Gasteiger partial charge on any atom is 0.300 e. The molecule has 1 saturated carbocycles. The fourth-order valence-electron chi connectivity index (χ4n) is 3.32. The summed E-state index contributed by atoms with van der Waals surface area (Å²) in [5.41, 5.74) is 0. The molecule has 25 heavy (non-hydrogen) atoms. The molecule has 0 aromatic carbocycles. The topological polar surface area (TPSA) is 91.6 Å². The molecular formula is C17H27N5O3. The second-order valence-corrected chi connectivity index (χ2v) is 7.02. The third-order valence-corrected chi connectivity index (χ3v) is 4.80. The van der Waals surface area contributed by atoms with Crippen LogP contribution in [0.1, 0.15) is 50.2 Å². The van der Waals surface area contributed by atoms with Crippen molar-refractivity contribution in [2.45, 2.75) is 51.5 Å². The Kier molecular flexibility index (Phi) is 5.67. The summed E-state index contributed by atoms with van der Waals surface area (Å²) in [6, 6.07) is 0. The van der Waals surface area contributed by atoms with Crippen LogP contribution < -0.4 is 0 Å². The van der Waals surface area contributed by atoms with Gasteiger partial charge in [-0.2, -0.15) is 5.10 Å². The number of aliphatic carboxylic acids is 1. The second kappa shape index (κ2) is 7.95. The molecule has 0 spiro atoms. The summed E-state index contributed by atoms with van der Waals surface area (Å²) in [5.74, 6) is 2.14. The SMILES string of the molecule is CC(=O)O.O=C(CN1CCCC1)N1CCc2nc(C3CC3)nn2CC1. The minimum atomic E-state index is -0.833. The monoisotopic (exact) mass is 349 g/mol. The largest absolute Gasteiger partial charge is 0.481 e. The van der Waals surface area contributed by atoms with E-state index in [9.17, 15) is 4.79 Å². The van der Waals surface area contributed by atoms with Crippen molar-refractivity contribution in [2.24, 2.45) is 0 Å². The smallest absolute Gasteiger partial charge is 0.300 e. The van der Waals surface area contributed by atoms with Crippen molar-refractivity contribution in [3.05, 3.63) is 11.6 Å². The van der Waals surface area contributed by atoms with Crippen molar-refractivity contribution in [2.75, 3.05) is 32.7 Å². The summed E-state index contributed by atoms with van der Waals surface area (Å²) in [6.07, 6.45) is 5.78. The first kappa shape index (κ1) is 17.8. The van der Waals surface area contributed by atoms with Gasteiger partial charge in [-0.1, -0.05) is 0 Å². The van der Waals surface area contributed by atoms with Gasteiger partial charge in [-0.3, -0.25) is 14.5 Å². The standard InChI is InChI=1S/C15H23N5O.C2H4O2/c21-14(11-18-6-1-2-7-18)19-8-5-13-16-15(12-3-4-12)17-20(13)10-9-19;1-2(3)4/h12H,1-11H2;1H3,(H,3,4). The average molecular weight is 349 g/mol. The quantitative estimate of drug-likeness (QED) is 0.865. The Bertz CT molecular complexity index is 590. The molecular weight excluding hydrogens is 322 g/mol. The molecule has 0 atom stereocenters. The molecule has 4 rings (SSSR count). The summed E-state index contributed by atoms with van der Waals surface area (Å²) in [6.45, 7) is 6.17. The number of likely N-dealkylation sites (tertiary alicyclic amines) is 1. The first-order valence-corrected chi connectivity index (χ1v) is 9.16. The summed E-state index contributed by atoms with van der Waals surface area (Å²) in [4.78, 5) is 30.3. The van der Waals surface area contributed by atoms with E-state index in [1.807, 2.05) is 9.58 Å². The molecule has 8 nitrogen and oxygen atoms in total. The van der Waals surface area contributed by atoms with Gasteiger partial charge in [0.05, 0.1) is 13.1 Å². The molecule has 3 heterocycles. The van der Waals surface area contributed by atoms with Crippen LogP contribution in [0.5, 0.6) is 0 Å². The zero-order valence-corrected chi connectivity index (χ0v) is 14.9. The lowest BCUT2D eigenvalue weighted by Gasteiger charge is -2.23. The fourth-order valence-corrected chi connectivity index (χ4v) is 3.32. The minimum Gasteiger partial charge on any atom is -0.481 e. The number of nitrogens with zero attached hydrogens (tertiary/aromatic N) is 5. The van der Waals surface area contributed by atoms with Crippen molar-refractivity contribution in [1.29, 1.82) is 0 Å². The van der Waals surface area contributed by atoms with E-state index < -0.39 is 5.97 Å². The Balaban J connectivity index is 0.000000415. The number of hydrogen-bond acceptors (Lipinski definition) is 5.